The first kappa shape index (κ1) is 16.6. The zero-order chi connectivity index (χ0) is 15.8. The predicted octanol–water partition coefficient (Wildman–Crippen LogP) is -0.208. The van der Waals surface area contributed by atoms with Crippen molar-refractivity contribution in [2.45, 2.75) is 6.42 Å². The smallest absolute Gasteiger partial charge is 0.313 e. The van der Waals surface area contributed by atoms with E-state index in [0.717, 1.165) is 13.0 Å². The molecule has 0 aliphatic carbocycles. The molecule has 0 bridgehead atoms. The minimum Gasteiger partial charge on any atom is -0.366 e. The van der Waals surface area contributed by atoms with Gasteiger partial charge in [0.15, 0.2) is 0 Å². The molecule has 0 fully saturated rings. The van der Waals surface area contributed by atoms with Crippen molar-refractivity contribution in [2.75, 3.05) is 32.5 Å². The zero-order valence-corrected chi connectivity index (χ0v) is 12.2. The summed E-state index contributed by atoms with van der Waals surface area (Å²) in [7, 11) is 3.85. The van der Waals surface area contributed by atoms with Crippen LogP contribution in [0.2, 0.25) is 0 Å². The van der Waals surface area contributed by atoms with Crippen molar-refractivity contribution < 1.29 is 14.4 Å². The summed E-state index contributed by atoms with van der Waals surface area (Å²) >= 11 is 0. The molecule has 0 heterocycles. The van der Waals surface area contributed by atoms with E-state index in [-0.39, 0.29) is 11.3 Å². The predicted molar refractivity (Wildman–Crippen MR) is 79.8 cm³/mol. The molecule has 21 heavy (non-hydrogen) atoms. The lowest BCUT2D eigenvalue weighted by molar-refractivity contribution is -0.136. The average molecular weight is 292 g/mol. The van der Waals surface area contributed by atoms with Crippen LogP contribution in [0.5, 0.6) is 0 Å². The van der Waals surface area contributed by atoms with E-state index in [2.05, 4.69) is 10.6 Å². The number of hydrogen-bond donors (Lipinski definition) is 3. The normalized spacial score (nSPS) is 10.2. The van der Waals surface area contributed by atoms with E-state index in [1.54, 1.807) is 12.1 Å². The second kappa shape index (κ2) is 8.01. The standard InChI is InChI=1S/C14H20N4O3/c1-18(2)9-5-8-16-13(20)14(21)17-11-7-4-3-6-10(11)12(15)19/h3-4,6-7H,5,8-9H2,1-2H3,(H2,15,19)(H,16,20)(H,17,21). The number of carbonyl (C=O) groups is 3. The van der Waals surface area contributed by atoms with Gasteiger partial charge in [0.25, 0.3) is 5.91 Å². The number of primary amides is 1. The van der Waals surface area contributed by atoms with Crippen LogP contribution >= 0.6 is 0 Å². The highest BCUT2D eigenvalue weighted by Gasteiger charge is 2.16. The van der Waals surface area contributed by atoms with Crippen LogP contribution in [-0.2, 0) is 9.59 Å². The number of anilines is 1. The van der Waals surface area contributed by atoms with E-state index < -0.39 is 17.7 Å². The van der Waals surface area contributed by atoms with Crippen molar-refractivity contribution in [3.63, 3.8) is 0 Å². The third kappa shape index (κ3) is 5.62. The quantitative estimate of drug-likeness (QED) is 0.498. The van der Waals surface area contributed by atoms with E-state index in [0.29, 0.717) is 6.54 Å². The number of nitrogens with zero attached hydrogens (tertiary/aromatic N) is 1. The SMILES string of the molecule is CN(C)CCCNC(=O)C(=O)Nc1ccccc1C(N)=O. The Hall–Kier alpha value is -2.41. The minimum absolute atomic E-state index is 0.159. The lowest BCUT2D eigenvalue weighted by Crippen LogP contribution is -2.37. The Morgan fingerprint density at radius 2 is 1.81 bits per heavy atom. The Morgan fingerprint density at radius 3 is 2.43 bits per heavy atom. The van der Waals surface area contributed by atoms with Crippen LogP contribution in [0.4, 0.5) is 5.69 Å². The summed E-state index contributed by atoms with van der Waals surface area (Å²) in [6, 6.07) is 6.25. The molecule has 0 atom stereocenters. The van der Waals surface area contributed by atoms with Crippen molar-refractivity contribution in [1.82, 2.24) is 10.2 Å². The van der Waals surface area contributed by atoms with Gasteiger partial charge in [-0.15, -0.1) is 0 Å². The van der Waals surface area contributed by atoms with E-state index >= 15 is 0 Å². The topological polar surface area (TPSA) is 105 Å². The van der Waals surface area contributed by atoms with Gasteiger partial charge in [0.05, 0.1) is 11.3 Å². The van der Waals surface area contributed by atoms with E-state index in [1.165, 1.54) is 12.1 Å². The number of carbonyl (C=O) groups excluding carboxylic acids is 3. The third-order valence-corrected chi connectivity index (χ3v) is 2.71. The van der Waals surface area contributed by atoms with Crippen molar-refractivity contribution >= 4 is 23.4 Å². The first-order valence-corrected chi connectivity index (χ1v) is 6.54. The molecule has 7 heteroatoms. The first-order chi connectivity index (χ1) is 9.91. The highest BCUT2D eigenvalue weighted by molar-refractivity contribution is 6.40. The fourth-order valence-electron chi connectivity index (χ4n) is 1.66. The van der Waals surface area contributed by atoms with Crippen LogP contribution in [0.15, 0.2) is 24.3 Å². The first-order valence-electron chi connectivity index (χ1n) is 6.54. The van der Waals surface area contributed by atoms with Gasteiger partial charge in [-0.2, -0.15) is 0 Å². The van der Waals surface area contributed by atoms with Gasteiger partial charge < -0.3 is 21.3 Å². The van der Waals surface area contributed by atoms with Gasteiger partial charge in [-0.05, 0) is 39.2 Å². The van der Waals surface area contributed by atoms with Crippen molar-refractivity contribution in [3.8, 4) is 0 Å². The van der Waals surface area contributed by atoms with Gasteiger partial charge in [-0.25, -0.2) is 0 Å². The third-order valence-electron chi connectivity index (χ3n) is 2.71. The number of nitrogens with one attached hydrogen (secondary N) is 2. The summed E-state index contributed by atoms with van der Waals surface area (Å²) in [4.78, 5) is 36.5. The van der Waals surface area contributed by atoms with E-state index in [4.69, 9.17) is 5.73 Å². The maximum atomic E-state index is 11.7. The molecule has 114 valence electrons. The summed E-state index contributed by atoms with van der Waals surface area (Å²) < 4.78 is 0. The number of hydrogen-bond acceptors (Lipinski definition) is 4. The molecule has 1 rings (SSSR count). The van der Waals surface area contributed by atoms with E-state index in [9.17, 15) is 14.4 Å². The van der Waals surface area contributed by atoms with Gasteiger partial charge in [0, 0.05) is 6.54 Å². The molecule has 0 saturated carbocycles. The summed E-state index contributed by atoms with van der Waals surface area (Å²) in [6.07, 6.45) is 0.740. The molecule has 7 nitrogen and oxygen atoms in total. The molecule has 3 amide bonds. The molecule has 0 saturated heterocycles. The van der Waals surface area contributed by atoms with Crippen LogP contribution in [0.3, 0.4) is 0 Å². The van der Waals surface area contributed by atoms with Crippen LogP contribution in [0.1, 0.15) is 16.8 Å². The molecular weight excluding hydrogens is 272 g/mol. The van der Waals surface area contributed by atoms with Crippen LogP contribution in [-0.4, -0.2) is 49.8 Å². The average Bonchev–Trinajstić information content (AvgIpc) is 2.43. The number of amides is 3. The van der Waals surface area contributed by atoms with Gasteiger partial charge in [0.1, 0.15) is 0 Å². The van der Waals surface area contributed by atoms with Gasteiger partial charge in [-0.1, -0.05) is 12.1 Å². The van der Waals surface area contributed by atoms with Crippen LogP contribution < -0.4 is 16.4 Å². The number of rotatable bonds is 6. The van der Waals surface area contributed by atoms with Gasteiger partial charge in [0.2, 0.25) is 0 Å². The molecule has 1 aromatic rings. The monoisotopic (exact) mass is 292 g/mol. The van der Waals surface area contributed by atoms with Crippen LogP contribution in [0, 0.1) is 0 Å². The van der Waals surface area contributed by atoms with Crippen LogP contribution in [0.25, 0.3) is 0 Å². The lowest BCUT2D eigenvalue weighted by Gasteiger charge is -2.11. The number of benzene rings is 1. The highest BCUT2D eigenvalue weighted by Crippen LogP contribution is 2.13. The molecular formula is C14H20N4O3. The molecule has 0 radical (unpaired) electrons. The fraction of sp³-hybridized carbons (Fsp3) is 0.357. The molecule has 0 unspecified atom stereocenters. The lowest BCUT2D eigenvalue weighted by atomic mass is 10.1. The summed E-state index contributed by atoms with van der Waals surface area (Å²) in [5.41, 5.74) is 5.58. The Morgan fingerprint density at radius 1 is 1.14 bits per heavy atom. The second-order valence-electron chi connectivity index (χ2n) is 4.78. The number of para-hydroxylation sites is 1. The highest BCUT2D eigenvalue weighted by atomic mass is 16.2. The Labute approximate surface area is 123 Å². The van der Waals surface area contributed by atoms with E-state index in [1.807, 2.05) is 19.0 Å². The summed E-state index contributed by atoms with van der Waals surface area (Å²) in [5.74, 6) is -2.24. The summed E-state index contributed by atoms with van der Waals surface area (Å²) in [5, 5.41) is 4.89. The maximum Gasteiger partial charge on any atom is 0.313 e. The van der Waals surface area contributed by atoms with Gasteiger partial charge >= 0.3 is 11.8 Å². The van der Waals surface area contributed by atoms with Crippen molar-refractivity contribution in [2.24, 2.45) is 5.73 Å². The molecule has 0 spiro atoms. The van der Waals surface area contributed by atoms with Crippen molar-refractivity contribution in [1.29, 1.82) is 0 Å². The summed E-state index contributed by atoms with van der Waals surface area (Å²) in [6.45, 7) is 1.22. The maximum absolute atomic E-state index is 11.7. The Balaban J connectivity index is 2.53. The van der Waals surface area contributed by atoms with Crippen molar-refractivity contribution in [3.05, 3.63) is 29.8 Å². The Bertz CT molecular complexity index is 529. The largest absolute Gasteiger partial charge is 0.366 e. The molecule has 1 aromatic carbocycles. The zero-order valence-electron chi connectivity index (χ0n) is 12.2. The van der Waals surface area contributed by atoms with Gasteiger partial charge in [-0.3, -0.25) is 14.4 Å². The Kier molecular flexibility index (Phi) is 6.35. The molecule has 0 aromatic heterocycles. The molecule has 0 aliphatic rings. The second-order valence-corrected chi connectivity index (χ2v) is 4.78. The molecule has 0 aliphatic heterocycles. The minimum atomic E-state index is -0.825. The molecule has 4 N–H and O–H groups in total. The number of nitrogens with two attached hydrogens (primary N) is 1. The fourth-order valence-corrected chi connectivity index (χ4v) is 1.66.